The van der Waals surface area contributed by atoms with Crippen LogP contribution in [-0.4, -0.2) is 56.2 Å². The molecule has 2 aromatic rings. The highest BCUT2D eigenvalue weighted by Crippen LogP contribution is 2.33. The maximum absolute atomic E-state index is 12.5. The van der Waals surface area contributed by atoms with E-state index in [0.717, 1.165) is 30.4 Å². The van der Waals surface area contributed by atoms with Crippen LogP contribution in [-0.2, 0) is 23.2 Å². The fourth-order valence-electron chi connectivity index (χ4n) is 4.09. The van der Waals surface area contributed by atoms with Gasteiger partial charge >= 0.3 is 11.7 Å². The number of fused-ring (bicyclic) bond motifs is 1. The molecule has 0 saturated heterocycles. The molecule has 1 amide bonds. The Hall–Kier alpha value is -2.61. The molecule has 4 rings (SSSR count). The summed E-state index contributed by atoms with van der Waals surface area (Å²) in [5.74, 6) is -0.358. The highest BCUT2D eigenvalue weighted by atomic mass is 16.4. The zero-order chi connectivity index (χ0) is 19.8. The van der Waals surface area contributed by atoms with Crippen molar-refractivity contribution in [2.24, 2.45) is 13.0 Å². The Bertz CT molecular complexity index is 953. The minimum absolute atomic E-state index is 0.0116. The predicted octanol–water partition coefficient (Wildman–Crippen LogP) is 0.784. The van der Waals surface area contributed by atoms with E-state index in [9.17, 15) is 14.4 Å². The number of carboxylic acid groups (broad SMARTS) is 1. The number of amides is 1. The molecule has 2 aliphatic carbocycles. The van der Waals surface area contributed by atoms with Gasteiger partial charge in [0.1, 0.15) is 6.54 Å². The van der Waals surface area contributed by atoms with Crippen molar-refractivity contribution in [2.75, 3.05) is 13.1 Å². The van der Waals surface area contributed by atoms with Crippen LogP contribution in [0.25, 0.3) is 11.0 Å². The Balaban J connectivity index is 1.34. The van der Waals surface area contributed by atoms with Gasteiger partial charge in [-0.05, 0) is 43.7 Å². The first-order valence-corrected chi connectivity index (χ1v) is 9.82. The molecule has 1 aromatic carbocycles. The number of rotatable bonds is 8. The van der Waals surface area contributed by atoms with Gasteiger partial charge in [0.25, 0.3) is 0 Å². The van der Waals surface area contributed by atoms with Crippen LogP contribution in [0.2, 0.25) is 0 Å². The van der Waals surface area contributed by atoms with Crippen LogP contribution in [0, 0.1) is 5.92 Å². The third-order valence-corrected chi connectivity index (χ3v) is 5.88. The number of carbonyl (C=O) groups is 2. The first-order chi connectivity index (χ1) is 13.4. The fraction of sp³-hybridized carbons (Fsp3) is 0.550. The lowest BCUT2D eigenvalue weighted by Crippen LogP contribution is -2.55. The van der Waals surface area contributed by atoms with E-state index in [1.807, 2.05) is 29.2 Å². The molecule has 8 heteroatoms. The van der Waals surface area contributed by atoms with Gasteiger partial charge in [0.15, 0.2) is 0 Å². The first kappa shape index (κ1) is 18.7. The average Bonchev–Trinajstić information content (AvgIpc) is 3.40. The molecule has 2 aliphatic rings. The summed E-state index contributed by atoms with van der Waals surface area (Å²) in [6.45, 7) is 0.887. The topological polar surface area (TPSA) is 96.6 Å². The molecule has 0 bridgehead atoms. The number of carbonyl (C=O) groups excluding carboxylic acids is 1. The van der Waals surface area contributed by atoms with Crippen LogP contribution in [0.3, 0.4) is 0 Å². The third-order valence-electron chi connectivity index (χ3n) is 5.88. The van der Waals surface area contributed by atoms with Crippen molar-refractivity contribution in [2.45, 2.75) is 44.3 Å². The Kier molecular flexibility index (Phi) is 4.97. The lowest BCUT2D eigenvalue weighted by Gasteiger charge is -2.42. The van der Waals surface area contributed by atoms with Crippen LogP contribution in [0.5, 0.6) is 0 Å². The van der Waals surface area contributed by atoms with Gasteiger partial charge in [-0.1, -0.05) is 12.1 Å². The summed E-state index contributed by atoms with van der Waals surface area (Å²) in [6.07, 6.45) is 3.89. The lowest BCUT2D eigenvalue weighted by molar-refractivity contribution is -0.140. The molecule has 2 saturated carbocycles. The average molecular weight is 386 g/mol. The number of para-hydroxylation sites is 2. The van der Waals surface area contributed by atoms with Gasteiger partial charge in [-0.2, -0.15) is 0 Å². The highest BCUT2D eigenvalue weighted by molar-refractivity contribution is 5.81. The van der Waals surface area contributed by atoms with E-state index in [-0.39, 0.29) is 36.8 Å². The summed E-state index contributed by atoms with van der Waals surface area (Å²) in [5, 5.41) is 12.1. The number of nitrogens with one attached hydrogen (secondary N) is 1. The number of nitrogens with zero attached hydrogens (tertiary/aromatic N) is 3. The van der Waals surface area contributed by atoms with E-state index >= 15 is 0 Å². The maximum Gasteiger partial charge on any atom is 0.329 e. The van der Waals surface area contributed by atoms with E-state index in [1.165, 1.54) is 17.4 Å². The van der Waals surface area contributed by atoms with Crippen molar-refractivity contribution >= 4 is 22.9 Å². The molecule has 1 aromatic heterocycles. The molecule has 2 N–H and O–H groups in total. The summed E-state index contributed by atoms with van der Waals surface area (Å²) in [7, 11) is 1.70. The van der Waals surface area contributed by atoms with Crippen molar-refractivity contribution < 1.29 is 14.7 Å². The van der Waals surface area contributed by atoms with Crippen LogP contribution < -0.4 is 11.0 Å². The van der Waals surface area contributed by atoms with Gasteiger partial charge in [0.2, 0.25) is 5.91 Å². The molecule has 2 fully saturated rings. The zero-order valence-electron chi connectivity index (χ0n) is 16.0. The minimum atomic E-state index is -0.802. The number of hydrogen-bond acceptors (Lipinski definition) is 4. The summed E-state index contributed by atoms with van der Waals surface area (Å²) in [6, 6.07) is 7.67. The summed E-state index contributed by atoms with van der Waals surface area (Å²) in [5.41, 5.74) is 1.34. The largest absolute Gasteiger partial charge is 0.480 e. The molecular formula is C20H26N4O4. The van der Waals surface area contributed by atoms with E-state index in [1.54, 1.807) is 11.6 Å². The molecule has 0 aliphatic heterocycles. The molecular weight excluding hydrogens is 360 g/mol. The van der Waals surface area contributed by atoms with E-state index < -0.39 is 5.97 Å². The molecule has 8 nitrogen and oxygen atoms in total. The Morgan fingerprint density at radius 1 is 1.21 bits per heavy atom. The molecule has 150 valence electrons. The number of carboxylic acids is 1. The van der Waals surface area contributed by atoms with Crippen molar-refractivity contribution in [3.05, 3.63) is 34.7 Å². The van der Waals surface area contributed by atoms with Gasteiger partial charge in [-0.3, -0.25) is 23.6 Å². The van der Waals surface area contributed by atoms with Crippen molar-refractivity contribution in [3.63, 3.8) is 0 Å². The normalized spacial score (nSPS) is 21.6. The first-order valence-electron chi connectivity index (χ1n) is 9.82. The highest BCUT2D eigenvalue weighted by Gasteiger charge is 2.37. The molecule has 0 unspecified atom stereocenters. The van der Waals surface area contributed by atoms with Gasteiger partial charge in [0, 0.05) is 25.7 Å². The van der Waals surface area contributed by atoms with Gasteiger partial charge in [0.05, 0.1) is 17.6 Å². The predicted molar refractivity (Wildman–Crippen MR) is 104 cm³/mol. The zero-order valence-corrected chi connectivity index (χ0v) is 16.0. The quantitative estimate of drug-likeness (QED) is 0.699. The van der Waals surface area contributed by atoms with E-state index in [4.69, 9.17) is 5.11 Å². The third kappa shape index (κ3) is 3.82. The SMILES string of the molecule is Cn1c(=O)n(CC(=O)NC2CC(N(CC(=O)O)CC3CC3)C2)c2ccccc21. The van der Waals surface area contributed by atoms with Gasteiger partial charge < -0.3 is 10.4 Å². The van der Waals surface area contributed by atoms with Crippen molar-refractivity contribution in [3.8, 4) is 0 Å². The minimum Gasteiger partial charge on any atom is -0.480 e. The summed E-state index contributed by atoms with van der Waals surface area (Å²) in [4.78, 5) is 38.1. The van der Waals surface area contributed by atoms with Crippen molar-refractivity contribution in [1.82, 2.24) is 19.4 Å². The second-order valence-corrected chi connectivity index (χ2v) is 8.07. The van der Waals surface area contributed by atoms with Crippen LogP contribution in [0.15, 0.2) is 29.1 Å². The van der Waals surface area contributed by atoms with Crippen LogP contribution >= 0.6 is 0 Å². The summed E-state index contributed by atoms with van der Waals surface area (Å²) >= 11 is 0. The number of hydrogen-bond donors (Lipinski definition) is 2. The number of imidazole rings is 1. The monoisotopic (exact) mass is 386 g/mol. The molecule has 0 atom stereocenters. The number of aliphatic carboxylic acids is 1. The number of aryl methyl sites for hydroxylation is 1. The molecule has 0 spiro atoms. The Labute approximate surface area is 162 Å². The van der Waals surface area contributed by atoms with Gasteiger partial charge in [-0.25, -0.2) is 4.79 Å². The van der Waals surface area contributed by atoms with Gasteiger partial charge in [-0.15, -0.1) is 0 Å². The fourth-order valence-corrected chi connectivity index (χ4v) is 4.09. The number of benzene rings is 1. The second kappa shape index (κ2) is 7.43. The lowest BCUT2D eigenvalue weighted by atomic mass is 9.85. The second-order valence-electron chi connectivity index (χ2n) is 8.07. The smallest absolute Gasteiger partial charge is 0.329 e. The maximum atomic E-state index is 12.5. The van der Waals surface area contributed by atoms with Crippen molar-refractivity contribution in [1.29, 1.82) is 0 Å². The Morgan fingerprint density at radius 3 is 2.54 bits per heavy atom. The molecule has 1 heterocycles. The summed E-state index contributed by atoms with van der Waals surface area (Å²) < 4.78 is 3.04. The van der Waals surface area contributed by atoms with E-state index in [2.05, 4.69) is 5.32 Å². The van der Waals surface area contributed by atoms with Crippen LogP contribution in [0.1, 0.15) is 25.7 Å². The van der Waals surface area contributed by atoms with E-state index in [0.29, 0.717) is 5.92 Å². The standard InChI is InChI=1S/C20H26N4O4/c1-22-16-4-2-3-5-17(16)24(20(22)28)11-18(25)21-14-8-15(9-14)23(12-19(26)27)10-13-6-7-13/h2-5,13-15H,6-12H2,1H3,(H,21,25)(H,26,27). The molecule has 0 radical (unpaired) electrons. The van der Waals surface area contributed by atoms with Crippen LogP contribution in [0.4, 0.5) is 0 Å². The Morgan fingerprint density at radius 2 is 1.89 bits per heavy atom. The molecule has 28 heavy (non-hydrogen) atoms. The number of aromatic nitrogens is 2.